The number of aliphatic hydroxyl groups excluding tert-OH is 3. The molecule has 23 heteroatoms. The molecular formula is C55H79N7O16. The molecule has 3 aliphatic heterocycles. The molecule has 0 spiro atoms. The molecule has 0 radical (unpaired) electrons. The van der Waals surface area contributed by atoms with E-state index in [1.54, 1.807) is 65.0 Å². The van der Waals surface area contributed by atoms with E-state index in [0.717, 1.165) is 17.4 Å². The lowest BCUT2D eigenvalue weighted by atomic mass is 9.93. The first kappa shape index (κ1) is 63.6. The smallest absolute Gasteiger partial charge is 0.332 e. The van der Waals surface area contributed by atoms with Gasteiger partial charge in [0.05, 0.1) is 24.7 Å². The fourth-order valence-corrected chi connectivity index (χ4v) is 8.54. The molecule has 0 aromatic heterocycles. The molecule has 7 amide bonds. The molecule has 3 heterocycles. The molecule has 78 heavy (non-hydrogen) atoms. The van der Waals surface area contributed by atoms with Crippen molar-refractivity contribution in [2.24, 2.45) is 17.8 Å². The molecule has 13 atom stereocenters. The van der Waals surface area contributed by atoms with Crippen molar-refractivity contribution in [3.63, 3.8) is 0 Å². The molecular weight excluding hydrogens is 1010 g/mol. The third kappa shape index (κ3) is 17.3. The third-order valence-corrected chi connectivity index (χ3v) is 14.0. The van der Waals surface area contributed by atoms with Crippen LogP contribution < -0.4 is 36.6 Å². The van der Waals surface area contributed by atoms with Crippen molar-refractivity contribution >= 4 is 53.3 Å². The van der Waals surface area contributed by atoms with Crippen LogP contribution >= 0.6 is 0 Å². The number of esters is 2. The minimum atomic E-state index is -1.97. The van der Waals surface area contributed by atoms with E-state index >= 15 is 4.79 Å². The van der Waals surface area contributed by atoms with Crippen molar-refractivity contribution in [3.05, 3.63) is 77.9 Å². The van der Waals surface area contributed by atoms with Gasteiger partial charge in [0.25, 0.3) is 0 Å². The fraction of sp³-hybridized carbons (Fsp3) is 0.582. The second-order valence-electron chi connectivity index (χ2n) is 20.3. The number of benzene rings is 2. The number of fused-ring (bicyclic) bond motifs is 11. The molecule has 4 bridgehead atoms. The van der Waals surface area contributed by atoms with Crippen molar-refractivity contribution in [2.45, 2.75) is 154 Å². The highest BCUT2D eigenvalue weighted by Crippen LogP contribution is 2.28. The highest BCUT2D eigenvalue weighted by Gasteiger charge is 2.42. The van der Waals surface area contributed by atoms with Crippen LogP contribution in [0.5, 0.6) is 5.75 Å². The summed E-state index contributed by atoms with van der Waals surface area (Å²) in [7, 11) is 1.31. The second kappa shape index (κ2) is 29.7. The van der Waals surface area contributed by atoms with Crippen LogP contribution in [0, 0.1) is 17.8 Å². The minimum absolute atomic E-state index is 0.147. The van der Waals surface area contributed by atoms with Crippen molar-refractivity contribution < 1.29 is 77.4 Å². The van der Waals surface area contributed by atoms with E-state index in [1.165, 1.54) is 58.2 Å². The van der Waals surface area contributed by atoms with Crippen LogP contribution in [-0.4, -0.2) is 167 Å². The molecule has 0 unspecified atom stereocenters. The van der Waals surface area contributed by atoms with E-state index in [2.05, 4.69) is 31.9 Å². The first-order chi connectivity index (χ1) is 36.9. The van der Waals surface area contributed by atoms with Gasteiger partial charge in [-0.2, -0.15) is 0 Å². The monoisotopic (exact) mass is 1090 g/mol. The number of nitrogens with one attached hydrogen (secondary N) is 6. The zero-order valence-corrected chi connectivity index (χ0v) is 46.1. The van der Waals surface area contributed by atoms with Gasteiger partial charge in [0.15, 0.2) is 6.04 Å². The molecule has 3 aliphatic rings. The summed E-state index contributed by atoms with van der Waals surface area (Å²) in [5.74, 6) is -11.2. The predicted octanol–water partition coefficient (Wildman–Crippen LogP) is 0.422. The number of rotatable bonds is 14. The molecule has 2 aromatic carbocycles. The van der Waals surface area contributed by atoms with Crippen molar-refractivity contribution in [1.29, 1.82) is 0 Å². The van der Waals surface area contributed by atoms with E-state index in [1.807, 2.05) is 6.92 Å². The average Bonchev–Trinajstić information content (AvgIpc) is 3.44. The van der Waals surface area contributed by atoms with Gasteiger partial charge in [0.2, 0.25) is 41.4 Å². The lowest BCUT2D eigenvalue weighted by Gasteiger charge is -2.35. The van der Waals surface area contributed by atoms with Gasteiger partial charge >= 0.3 is 11.9 Å². The van der Waals surface area contributed by atoms with Crippen LogP contribution in [0.3, 0.4) is 0 Å². The predicted molar refractivity (Wildman–Crippen MR) is 282 cm³/mol. The Morgan fingerprint density at radius 3 is 2.08 bits per heavy atom. The SMILES string of the molecule is CCCCO[C@]1(CO)/C=C\C(=O)NCC(=O)OC[C@@H]2NC(=O)[C@@H]([C@@H](C)O)NC(=O)[C@H](Cc3ccccc3)N(C)C(=O)[C@@H](NC(=O)[C@@H]([C@@H](C)CC)NC(=O)[C@@H](NC(=O)[C@H](C)[C@H](O)C(C)C)[C@@H](C)OC2=O)c2ccc(cc2)O[C@@H]1C. The Labute approximate surface area is 455 Å². The Bertz CT molecular complexity index is 2420. The lowest BCUT2D eigenvalue weighted by Crippen LogP contribution is -2.61. The number of hydrogen-bond donors (Lipinski definition) is 9. The number of aliphatic hydroxyl groups is 3. The van der Waals surface area contributed by atoms with Crippen LogP contribution in [0.15, 0.2) is 66.7 Å². The highest BCUT2D eigenvalue weighted by molar-refractivity contribution is 5.98. The van der Waals surface area contributed by atoms with Gasteiger partial charge in [-0.1, -0.05) is 96.8 Å². The van der Waals surface area contributed by atoms with Gasteiger partial charge in [-0.05, 0) is 68.4 Å². The summed E-state index contributed by atoms with van der Waals surface area (Å²) in [5.41, 5.74) is -0.920. The normalized spacial score (nSPS) is 27.6. The minimum Gasteiger partial charge on any atom is -0.487 e. The number of carbonyl (C=O) groups is 9. The van der Waals surface area contributed by atoms with Gasteiger partial charge in [0, 0.05) is 26.2 Å². The summed E-state index contributed by atoms with van der Waals surface area (Å²) in [4.78, 5) is 130. The molecule has 0 saturated carbocycles. The van der Waals surface area contributed by atoms with Crippen LogP contribution in [0.1, 0.15) is 98.7 Å². The Morgan fingerprint density at radius 2 is 1.47 bits per heavy atom. The van der Waals surface area contributed by atoms with Gasteiger partial charge in [0.1, 0.15) is 66.9 Å². The van der Waals surface area contributed by atoms with E-state index < -0.39 is 157 Å². The summed E-state index contributed by atoms with van der Waals surface area (Å²) < 4.78 is 23.6. The second-order valence-corrected chi connectivity index (χ2v) is 20.3. The van der Waals surface area contributed by atoms with E-state index in [4.69, 9.17) is 18.9 Å². The number of carbonyl (C=O) groups excluding carboxylic acids is 9. The summed E-state index contributed by atoms with van der Waals surface area (Å²) >= 11 is 0. The number of amides is 7. The summed E-state index contributed by atoms with van der Waals surface area (Å²) in [6, 6.07) is 4.24. The number of likely N-dealkylation sites (N-methyl/N-ethyl adjacent to an activating group) is 1. The maximum atomic E-state index is 15.3. The van der Waals surface area contributed by atoms with Crippen molar-refractivity contribution in [1.82, 2.24) is 36.8 Å². The van der Waals surface area contributed by atoms with Gasteiger partial charge in [-0.25, -0.2) is 4.79 Å². The van der Waals surface area contributed by atoms with E-state index in [9.17, 15) is 53.7 Å². The maximum absolute atomic E-state index is 15.3. The maximum Gasteiger partial charge on any atom is 0.332 e. The van der Waals surface area contributed by atoms with Gasteiger partial charge < -0.3 is 71.1 Å². The van der Waals surface area contributed by atoms with Crippen molar-refractivity contribution in [2.75, 3.05) is 33.4 Å². The van der Waals surface area contributed by atoms with Crippen LogP contribution in [0.25, 0.3) is 0 Å². The Kier molecular flexibility index (Phi) is 24.2. The topological polar surface area (TPSA) is 327 Å². The van der Waals surface area contributed by atoms with Crippen LogP contribution in [0.4, 0.5) is 0 Å². The summed E-state index contributed by atoms with van der Waals surface area (Å²) in [6.07, 6.45) is -1.82. The van der Waals surface area contributed by atoms with Gasteiger partial charge in [-0.3, -0.25) is 38.4 Å². The highest BCUT2D eigenvalue weighted by atomic mass is 16.6. The Balaban J connectivity index is 2.04. The van der Waals surface area contributed by atoms with E-state index in [0.29, 0.717) is 12.0 Å². The van der Waals surface area contributed by atoms with Crippen LogP contribution in [0.2, 0.25) is 0 Å². The molecule has 2 aromatic rings. The number of nitrogens with zero attached hydrogens (tertiary/aromatic N) is 1. The molecule has 5 rings (SSSR count). The number of hydrogen-bond acceptors (Lipinski definition) is 16. The first-order valence-electron chi connectivity index (χ1n) is 26.4. The zero-order valence-electron chi connectivity index (χ0n) is 46.1. The zero-order chi connectivity index (χ0) is 58.0. The molecule has 23 nitrogen and oxygen atoms in total. The summed E-state index contributed by atoms with van der Waals surface area (Å²) in [6.45, 7) is 11.8. The quantitative estimate of drug-likeness (QED) is 0.0915. The molecule has 0 aliphatic carbocycles. The largest absolute Gasteiger partial charge is 0.487 e. The molecule has 430 valence electrons. The first-order valence-corrected chi connectivity index (χ1v) is 26.4. The molecule has 9 N–H and O–H groups in total. The average molecular weight is 1090 g/mol. The number of unbranched alkanes of at least 4 members (excludes halogenated alkanes) is 1. The fourth-order valence-electron chi connectivity index (χ4n) is 8.54. The standard InChI is InChI=1S/C55H79N7O16/c1-11-13-25-76-55(29-63)24-23-41(65)56-27-42(66)75-28-39-54(74)77-34(8)45(60-48(68)32(6)47(67)30(3)4)52(72)58-43(31(5)12-2)50(70)61-46(37-19-21-38(22-20-37)78-35(55)9)53(73)62(10)40(26-36-17-15-14-16-18-36)49(69)59-44(33(7)64)51(71)57-39/h14-24,30-35,39-40,43-47,63-64,67H,11-13,25-29H2,1-10H3,(H,56,65)(H,57,71)(H,58,72)(H,59,69)(H,60,68)(H,61,70)/b24-23-/t31-,32+,33+,34+,35+,39-,40-,43+,44+,45-,46-,47+,55-/m0/s1. The van der Waals surface area contributed by atoms with Gasteiger partial charge in [-0.15, -0.1) is 0 Å². The van der Waals surface area contributed by atoms with Crippen LogP contribution in [-0.2, 0) is 63.8 Å². The third-order valence-electron chi connectivity index (χ3n) is 14.0. The van der Waals surface area contributed by atoms with Crippen molar-refractivity contribution in [3.8, 4) is 5.75 Å². The lowest BCUT2D eigenvalue weighted by molar-refractivity contribution is -0.160. The Morgan fingerprint density at radius 1 is 0.833 bits per heavy atom. The molecule has 1 fully saturated rings. The number of ether oxygens (including phenoxy) is 4. The Hall–Kier alpha value is -6.95. The molecule has 1 saturated heterocycles. The number of cyclic esters (lactones) is 1. The summed E-state index contributed by atoms with van der Waals surface area (Å²) in [5, 5.41) is 48.0. The van der Waals surface area contributed by atoms with E-state index in [-0.39, 0.29) is 30.8 Å².